The summed E-state index contributed by atoms with van der Waals surface area (Å²) >= 11 is 0. The first-order valence-electron chi connectivity index (χ1n) is 11.6. The fourth-order valence-corrected chi connectivity index (χ4v) is 4.13. The second kappa shape index (κ2) is 9.46. The maximum Gasteiger partial charge on any atom is 0.416 e. The van der Waals surface area contributed by atoms with Crippen molar-refractivity contribution in [1.82, 2.24) is 14.8 Å². The number of aromatic nitrogens is 3. The van der Waals surface area contributed by atoms with Gasteiger partial charge in [0.25, 0.3) is 0 Å². The van der Waals surface area contributed by atoms with E-state index in [2.05, 4.69) is 20.6 Å². The SMILES string of the molecule is [C-]#[N+]CCn1nc(N)c2c(-c3ccc(NC(=O)Nc4cccc(C(F)(F)F)c4)cc3)cc(C3CC3)nc21. The number of amides is 2. The van der Waals surface area contributed by atoms with Gasteiger partial charge < -0.3 is 21.2 Å². The largest absolute Gasteiger partial charge is 0.416 e. The Bertz CT molecular complexity index is 1520. The number of halogens is 3. The number of hydrogen-bond donors (Lipinski definition) is 3. The van der Waals surface area contributed by atoms with Gasteiger partial charge in [0.15, 0.2) is 11.5 Å². The molecule has 1 aliphatic carbocycles. The number of anilines is 3. The van der Waals surface area contributed by atoms with Crippen molar-refractivity contribution >= 4 is 34.3 Å². The Morgan fingerprint density at radius 2 is 1.84 bits per heavy atom. The highest BCUT2D eigenvalue weighted by molar-refractivity contribution is 6.02. The van der Waals surface area contributed by atoms with E-state index in [0.29, 0.717) is 35.0 Å². The van der Waals surface area contributed by atoms with Gasteiger partial charge in [0.1, 0.15) is 6.54 Å². The molecule has 2 heterocycles. The lowest BCUT2D eigenvalue weighted by Gasteiger charge is -2.12. The van der Waals surface area contributed by atoms with Crippen LogP contribution in [0.3, 0.4) is 0 Å². The first kappa shape index (κ1) is 24.1. The van der Waals surface area contributed by atoms with Crippen LogP contribution < -0.4 is 16.4 Å². The smallest absolute Gasteiger partial charge is 0.382 e. The summed E-state index contributed by atoms with van der Waals surface area (Å²) < 4.78 is 40.4. The molecule has 5 rings (SSSR count). The monoisotopic (exact) mass is 505 g/mol. The highest BCUT2D eigenvalue weighted by atomic mass is 19.4. The zero-order valence-corrected chi connectivity index (χ0v) is 19.5. The van der Waals surface area contributed by atoms with E-state index in [4.69, 9.17) is 17.3 Å². The van der Waals surface area contributed by atoms with Crippen molar-refractivity contribution in [3.05, 3.63) is 77.3 Å². The first-order chi connectivity index (χ1) is 17.7. The van der Waals surface area contributed by atoms with Gasteiger partial charge in [0, 0.05) is 23.0 Å². The molecule has 1 fully saturated rings. The number of rotatable bonds is 6. The van der Waals surface area contributed by atoms with Crippen LogP contribution in [-0.2, 0) is 12.7 Å². The van der Waals surface area contributed by atoms with E-state index < -0.39 is 17.8 Å². The molecule has 2 aromatic carbocycles. The number of fused-ring (bicyclic) bond motifs is 1. The van der Waals surface area contributed by atoms with Crippen LogP contribution in [0.2, 0.25) is 0 Å². The Kier molecular flexibility index (Phi) is 6.17. The molecular formula is C26H22F3N7O. The minimum Gasteiger partial charge on any atom is -0.382 e. The predicted molar refractivity (Wildman–Crippen MR) is 135 cm³/mol. The predicted octanol–water partition coefficient (Wildman–Crippen LogP) is 6.14. The Hall–Kier alpha value is -4.59. The Labute approximate surface area is 210 Å². The minimum atomic E-state index is -4.50. The maximum atomic E-state index is 12.9. The van der Waals surface area contributed by atoms with Gasteiger partial charge in [-0.05, 0) is 60.4 Å². The standard InChI is InChI=1S/C26H22F3N7O/c1-31-11-12-36-24-22(23(30)35-36)20(14-21(34-24)16-5-6-16)15-7-9-18(10-8-15)32-25(37)33-19-4-2-3-17(13-19)26(27,28)29/h2-4,7-10,13-14,16H,5-6,11-12H2,(H2,30,35)(H2,32,33,37). The number of carbonyl (C=O) groups excluding carboxylic acids is 1. The van der Waals surface area contributed by atoms with Crippen LogP contribution >= 0.6 is 0 Å². The molecule has 4 N–H and O–H groups in total. The molecule has 2 aromatic heterocycles. The number of hydrogen-bond acceptors (Lipinski definition) is 4. The highest BCUT2D eigenvalue weighted by Crippen LogP contribution is 2.43. The second-order valence-electron chi connectivity index (χ2n) is 8.79. The van der Waals surface area contributed by atoms with Gasteiger partial charge in [-0.15, -0.1) is 0 Å². The Morgan fingerprint density at radius 1 is 1.11 bits per heavy atom. The van der Waals surface area contributed by atoms with Crippen LogP contribution in [0.25, 0.3) is 27.0 Å². The summed E-state index contributed by atoms with van der Waals surface area (Å²) in [5.74, 6) is 0.710. The zero-order chi connectivity index (χ0) is 26.2. The summed E-state index contributed by atoms with van der Waals surface area (Å²) in [6, 6.07) is 12.8. The summed E-state index contributed by atoms with van der Waals surface area (Å²) in [6.45, 7) is 7.74. The van der Waals surface area contributed by atoms with Crippen molar-refractivity contribution in [2.75, 3.05) is 22.9 Å². The molecule has 0 radical (unpaired) electrons. The topological polar surface area (TPSA) is 102 Å². The molecule has 0 bridgehead atoms. The second-order valence-corrected chi connectivity index (χ2v) is 8.79. The number of nitrogens with one attached hydrogen (secondary N) is 2. The highest BCUT2D eigenvalue weighted by Gasteiger charge is 2.30. The average Bonchev–Trinajstić information content (AvgIpc) is 3.67. The van der Waals surface area contributed by atoms with Gasteiger partial charge >= 0.3 is 12.2 Å². The van der Waals surface area contributed by atoms with Gasteiger partial charge in [0.2, 0.25) is 6.54 Å². The van der Waals surface area contributed by atoms with Crippen LogP contribution in [0.1, 0.15) is 30.0 Å². The number of pyridine rings is 1. The van der Waals surface area contributed by atoms with Crippen LogP contribution in [-0.4, -0.2) is 27.3 Å². The van der Waals surface area contributed by atoms with Crippen molar-refractivity contribution in [1.29, 1.82) is 0 Å². The molecule has 8 nitrogen and oxygen atoms in total. The normalized spacial score (nSPS) is 13.4. The molecule has 0 atom stereocenters. The van der Waals surface area contributed by atoms with E-state index in [1.165, 1.54) is 12.1 Å². The van der Waals surface area contributed by atoms with Crippen molar-refractivity contribution in [3.63, 3.8) is 0 Å². The molecule has 11 heteroatoms. The Balaban J connectivity index is 1.38. The lowest BCUT2D eigenvalue weighted by molar-refractivity contribution is -0.137. The fourth-order valence-electron chi connectivity index (χ4n) is 4.13. The van der Waals surface area contributed by atoms with Gasteiger partial charge in [-0.2, -0.15) is 18.3 Å². The summed E-state index contributed by atoms with van der Waals surface area (Å²) in [7, 11) is 0. The molecule has 188 valence electrons. The molecule has 4 aromatic rings. The molecule has 0 aliphatic heterocycles. The van der Waals surface area contributed by atoms with Gasteiger partial charge in [-0.25, -0.2) is 21.0 Å². The quantitative estimate of drug-likeness (QED) is 0.274. The molecular weight excluding hydrogens is 483 g/mol. The number of alkyl halides is 3. The summed E-state index contributed by atoms with van der Waals surface area (Å²) in [5, 5.41) is 10.2. The van der Waals surface area contributed by atoms with E-state index in [1.54, 1.807) is 16.8 Å². The zero-order valence-electron chi connectivity index (χ0n) is 19.5. The Morgan fingerprint density at radius 3 is 2.51 bits per heavy atom. The molecule has 1 saturated carbocycles. The lowest BCUT2D eigenvalue weighted by atomic mass is 10.0. The van der Waals surface area contributed by atoms with Crippen LogP contribution in [0, 0.1) is 6.57 Å². The molecule has 0 unspecified atom stereocenters. The number of nitrogens with two attached hydrogens (primary N) is 1. The average molecular weight is 506 g/mol. The third-order valence-corrected chi connectivity index (χ3v) is 6.07. The minimum absolute atomic E-state index is 0.0291. The van der Waals surface area contributed by atoms with Crippen molar-refractivity contribution < 1.29 is 18.0 Å². The van der Waals surface area contributed by atoms with Crippen molar-refractivity contribution in [2.45, 2.75) is 31.5 Å². The van der Waals surface area contributed by atoms with E-state index in [0.717, 1.165) is 41.8 Å². The molecule has 37 heavy (non-hydrogen) atoms. The first-order valence-corrected chi connectivity index (χ1v) is 11.6. The number of carbonyl (C=O) groups is 1. The van der Waals surface area contributed by atoms with Crippen LogP contribution in [0.15, 0.2) is 54.6 Å². The summed E-state index contributed by atoms with van der Waals surface area (Å²) in [5.41, 5.74) is 9.19. The number of urea groups is 1. The summed E-state index contributed by atoms with van der Waals surface area (Å²) in [6.07, 6.45) is -2.38. The van der Waals surface area contributed by atoms with Gasteiger partial charge in [-0.3, -0.25) is 0 Å². The van der Waals surface area contributed by atoms with E-state index in [9.17, 15) is 18.0 Å². The van der Waals surface area contributed by atoms with Crippen LogP contribution in [0.4, 0.5) is 35.2 Å². The number of nitrogen functional groups attached to an aromatic ring is 1. The lowest BCUT2D eigenvalue weighted by Crippen LogP contribution is -2.19. The third kappa shape index (κ3) is 5.18. The molecule has 0 saturated heterocycles. The van der Waals surface area contributed by atoms with E-state index >= 15 is 0 Å². The van der Waals surface area contributed by atoms with Gasteiger partial charge in [0.05, 0.1) is 10.9 Å². The van der Waals surface area contributed by atoms with Crippen molar-refractivity contribution in [2.24, 2.45) is 0 Å². The number of benzene rings is 2. The van der Waals surface area contributed by atoms with E-state index in [-0.39, 0.29) is 12.2 Å². The van der Waals surface area contributed by atoms with E-state index in [1.807, 2.05) is 18.2 Å². The molecule has 0 spiro atoms. The fraction of sp³-hybridized carbons (Fsp3) is 0.231. The van der Waals surface area contributed by atoms with Crippen LogP contribution in [0.5, 0.6) is 0 Å². The van der Waals surface area contributed by atoms with Gasteiger partial charge in [-0.1, -0.05) is 18.2 Å². The summed E-state index contributed by atoms with van der Waals surface area (Å²) in [4.78, 5) is 20.6. The molecule has 1 aliphatic rings. The third-order valence-electron chi connectivity index (χ3n) is 6.07. The van der Waals surface area contributed by atoms with Crippen molar-refractivity contribution in [3.8, 4) is 11.1 Å². The maximum absolute atomic E-state index is 12.9. The number of nitrogens with zero attached hydrogens (tertiary/aromatic N) is 4. The molecule has 2 amide bonds.